The Hall–Kier alpha value is -3.89. The molecule has 0 aliphatic heterocycles. The molecule has 4 heterocycles. The number of rotatable bonds is 3. The van der Waals surface area contributed by atoms with Crippen LogP contribution >= 0.6 is 0 Å². The highest BCUT2D eigenvalue weighted by atomic mass is 16.2. The van der Waals surface area contributed by atoms with Gasteiger partial charge >= 0.3 is 5.69 Å². The second kappa shape index (κ2) is 6.62. The Kier molecular flexibility index (Phi) is 4.22. The molecule has 4 rings (SSSR count). The minimum Gasteiger partial charge on any atom is -0.345 e. The van der Waals surface area contributed by atoms with E-state index in [9.17, 15) is 14.4 Å². The molecule has 4 aromatic rings. The smallest absolute Gasteiger partial charge is 0.332 e. The van der Waals surface area contributed by atoms with Crippen LogP contribution in [0.1, 0.15) is 27.6 Å². The molecular formula is C18H18N8O3. The molecule has 0 spiro atoms. The Labute approximate surface area is 163 Å². The van der Waals surface area contributed by atoms with Gasteiger partial charge in [-0.25, -0.2) is 14.8 Å². The summed E-state index contributed by atoms with van der Waals surface area (Å²) in [7, 11) is 2.90. The van der Waals surface area contributed by atoms with Crippen molar-refractivity contribution in [3.05, 3.63) is 61.9 Å². The predicted molar refractivity (Wildman–Crippen MR) is 104 cm³/mol. The lowest BCUT2D eigenvalue weighted by atomic mass is 10.2. The van der Waals surface area contributed by atoms with Gasteiger partial charge in [0, 0.05) is 31.7 Å². The van der Waals surface area contributed by atoms with Crippen molar-refractivity contribution in [1.82, 2.24) is 39.0 Å². The zero-order valence-electron chi connectivity index (χ0n) is 16.3. The first-order valence-electron chi connectivity index (χ1n) is 8.80. The van der Waals surface area contributed by atoms with E-state index in [1.54, 1.807) is 4.40 Å². The lowest BCUT2D eigenvalue weighted by Crippen LogP contribution is -2.37. The molecule has 1 N–H and O–H groups in total. The maximum absolute atomic E-state index is 12.6. The van der Waals surface area contributed by atoms with Gasteiger partial charge in [0.1, 0.15) is 5.65 Å². The number of hydrogen-bond acceptors (Lipinski definition) is 7. The number of nitrogens with zero attached hydrogens (tertiary/aromatic N) is 7. The second-order valence-corrected chi connectivity index (χ2v) is 6.77. The molecule has 0 fully saturated rings. The minimum absolute atomic E-state index is 0.120. The van der Waals surface area contributed by atoms with E-state index < -0.39 is 17.2 Å². The van der Waals surface area contributed by atoms with Crippen molar-refractivity contribution in [2.45, 2.75) is 20.4 Å². The fourth-order valence-electron chi connectivity index (χ4n) is 3.26. The van der Waals surface area contributed by atoms with Crippen LogP contribution in [-0.4, -0.2) is 39.6 Å². The van der Waals surface area contributed by atoms with Crippen molar-refractivity contribution in [2.75, 3.05) is 0 Å². The molecule has 0 atom stereocenters. The molecule has 11 nitrogen and oxygen atoms in total. The third-order valence-corrected chi connectivity index (χ3v) is 4.72. The molecule has 0 bridgehead atoms. The van der Waals surface area contributed by atoms with Gasteiger partial charge in [-0.15, -0.1) is 10.2 Å². The summed E-state index contributed by atoms with van der Waals surface area (Å²) >= 11 is 0. The fraction of sp³-hybridized carbons (Fsp3) is 0.278. The average Bonchev–Trinajstić information content (AvgIpc) is 3.11. The van der Waals surface area contributed by atoms with Crippen LogP contribution in [0, 0.1) is 13.8 Å². The quantitative estimate of drug-likeness (QED) is 0.501. The van der Waals surface area contributed by atoms with E-state index in [0.717, 1.165) is 16.0 Å². The first kappa shape index (κ1) is 18.5. The van der Waals surface area contributed by atoms with E-state index in [4.69, 9.17) is 0 Å². The van der Waals surface area contributed by atoms with Gasteiger partial charge in [-0.05, 0) is 26.0 Å². The van der Waals surface area contributed by atoms with Gasteiger partial charge in [-0.3, -0.25) is 23.1 Å². The largest absolute Gasteiger partial charge is 0.345 e. The Morgan fingerprint density at radius 3 is 2.62 bits per heavy atom. The number of carbonyl (C=O) groups excluding carboxylic acids is 1. The topological polar surface area (TPSA) is 129 Å². The molecule has 148 valence electrons. The van der Waals surface area contributed by atoms with Crippen LogP contribution in [0.5, 0.6) is 0 Å². The van der Waals surface area contributed by atoms with Crippen LogP contribution < -0.4 is 16.6 Å². The Morgan fingerprint density at radius 1 is 1.10 bits per heavy atom. The highest BCUT2D eigenvalue weighted by molar-refractivity contribution is 5.96. The monoisotopic (exact) mass is 394 g/mol. The number of aryl methyl sites for hydroxylation is 3. The van der Waals surface area contributed by atoms with Crippen LogP contribution in [0.2, 0.25) is 0 Å². The van der Waals surface area contributed by atoms with Gasteiger partial charge < -0.3 is 5.32 Å². The highest BCUT2D eigenvalue weighted by Crippen LogP contribution is 2.10. The number of pyridine rings is 1. The van der Waals surface area contributed by atoms with E-state index in [-0.39, 0.29) is 23.1 Å². The highest BCUT2D eigenvalue weighted by Gasteiger charge is 2.15. The third kappa shape index (κ3) is 2.96. The van der Waals surface area contributed by atoms with Crippen LogP contribution in [0.4, 0.5) is 0 Å². The molecule has 0 aliphatic carbocycles. The number of hydrogen-bond donors (Lipinski definition) is 1. The number of fused-ring (bicyclic) bond motifs is 2. The number of carbonyl (C=O) groups is 1. The number of amides is 1. The molecule has 0 radical (unpaired) electrons. The molecule has 11 heteroatoms. The summed E-state index contributed by atoms with van der Waals surface area (Å²) in [4.78, 5) is 45.4. The van der Waals surface area contributed by atoms with Crippen LogP contribution in [0.3, 0.4) is 0 Å². The van der Waals surface area contributed by atoms with Gasteiger partial charge in [-0.1, -0.05) is 0 Å². The van der Waals surface area contributed by atoms with E-state index in [2.05, 4.69) is 25.5 Å². The van der Waals surface area contributed by atoms with E-state index >= 15 is 0 Å². The summed E-state index contributed by atoms with van der Waals surface area (Å²) in [5, 5.41) is 11.1. The molecule has 0 aromatic carbocycles. The Balaban J connectivity index is 1.65. The fourth-order valence-corrected chi connectivity index (χ4v) is 3.26. The maximum atomic E-state index is 12.6. The van der Waals surface area contributed by atoms with Crippen LogP contribution in [-0.2, 0) is 20.6 Å². The van der Waals surface area contributed by atoms with E-state index in [0.29, 0.717) is 11.6 Å². The van der Waals surface area contributed by atoms with Crippen molar-refractivity contribution in [3.8, 4) is 0 Å². The normalized spacial score (nSPS) is 11.3. The number of aromatic nitrogens is 7. The van der Waals surface area contributed by atoms with Gasteiger partial charge in [0.2, 0.25) is 0 Å². The SMILES string of the molecule is Cc1cc(C)n2c(CNC(=O)c3cnc4c(c3)c(=O)n(C)c(=O)n4C)nnc2n1. The summed E-state index contributed by atoms with van der Waals surface area (Å²) in [5.41, 5.74) is 1.16. The lowest BCUT2D eigenvalue weighted by molar-refractivity contribution is 0.0949. The summed E-state index contributed by atoms with van der Waals surface area (Å²) < 4.78 is 4.00. The van der Waals surface area contributed by atoms with Crippen molar-refractivity contribution in [2.24, 2.45) is 14.1 Å². The maximum Gasteiger partial charge on any atom is 0.332 e. The molecular weight excluding hydrogens is 376 g/mol. The summed E-state index contributed by atoms with van der Waals surface area (Å²) in [6.07, 6.45) is 1.33. The molecule has 0 saturated heterocycles. The zero-order chi connectivity index (χ0) is 20.9. The first-order chi connectivity index (χ1) is 13.8. The van der Waals surface area contributed by atoms with Crippen molar-refractivity contribution < 1.29 is 4.79 Å². The number of nitrogens with one attached hydrogen (secondary N) is 1. The average molecular weight is 394 g/mol. The second-order valence-electron chi connectivity index (χ2n) is 6.77. The van der Waals surface area contributed by atoms with Gasteiger partial charge in [0.05, 0.1) is 17.5 Å². The lowest BCUT2D eigenvalue weighted by Gasteiger charge is -2.09. The van der Waals surface area contributed by atoms with Crippen LogP contribution in [0.15, 0.2) is 27.9 Å². The molecule has 29 heavy (non-hydrogen) atoms. The van der Waals surface area contributed by atoms with Crippen molar-refractivity contribution in [1.29, 1.82) is 0 Å². The molecule has 0 aliphatic rings. The molecule has 0 saturated carbocycles. The molecule has 1 amide bonds. The Morgan fingerprint density at radius 2 is 1.86 bits per heavy atom. The molecule has 4 aromatic heterocycles. The van der Waals surface area contributed by atoms with Gasteiger partial charge in [0.15, 0.2) is 5.82 Å². The zero-order valence-corrected chi connectivity index (χ0v) is 16.3. The van der Waals surface area contributed by atoms with Crippen molar-refractivity contribution in [3.63, 3.8) is 0 Å². The minimum atomic E-state index is -0.509. The van der Waals surface area contributed by atoms with Crippen LogP contribution in [0.25, 0.3) is 16.8 Å². The third-order valence-electron chi connectivity index (χ3n) is 4.72. The summed E-state index contributed by atoms with van der Waals surface area (Å²) in [6, 6.07) is 3.33. The standard InChI is InChI=1S/C18H18N8O3/c1-9-5-10(2)26-13(22-23-17(26)21-9)8-20-15(27)11-6-12-14(19-7-11)24(3)18(29)25(4)16(12)28/h5-7H,8H2,1-4H3,(H,20,27). The van der Waals surface area contributed by atoms with E-state index in [1.165, 1.54) is 30.9 Å². The summed E-state index contributed by atoms with van der Waals surface area (Å²) in [6.45, 7) is 3.90. The Bertz CT molecular complexity index is 1410. The van der Waals surface area contributed by atoms with E-state index in [1.807, 2.05) is 19.9 Å². The first-order valence-corrected chi connectivity index (χ1v) is 8.80. The summed E-state index contributed by atoms with van der Waals surface area (Å²) in [5.74, 6) is 0.568. The van der Waals surface area contributed by atoms with Gasteiger partial charge in [0.25, 0.3) is 17.2 Å². The molecule has 0 unspecified atom stereocenters. The van der Waals surface area contributed by atoms with Gasteiger partial charge in [-0.2, -0.15) is 0 Å². The van der Waals surface area contributed by atoms with Crippen molar-refractivity contribution >= 4 is 22.7 Å². The predicted octanol–water partition coefficient (Wildman–Crippen LogP) is -0.383.